The zero-order valence-electron chi connectivity index (χ0n) is 19.2. The Morgan fingerprint density at radius 2 is 1.90 bits per heavy atom. The topological polar surface area (TPSA) is 80.2 Å². The number of carbonyl (C=O) groups excluding carboxylic acids is 1. The van der Waals surface area contributed by atoms with Crippen molar-refractivity contribution in [1.29, 1.82) is 0 Å². The van der Waals surface area contributed by atoms with Crippen molar-refractivity contribution in [3.05, 3.63) is 54.1 Å². The number of phenols is 1. The number of hydrogen-bond acceptors (Lipinski definition) is 5. The minimum atomic E-state index is -0.726. The number of anilines is 2. The predicted octanol–water partition coefficient (Wildman–Crippen LogP) is 4.29. The van der Waals surface area contributed by atoms with Crippen molar-refractivity contribution in [3.63, 3.8) is 0 Å². The molecule has 2 aromatic carbocycles. The Balaban J connectivity index is 1.83. The Labute approximate surface area is 184 Å². The van der Waals surface area contributed by atoms with E-state index in [2.05, 4.69) is 37.5 Å². The molecule has 3 N–H and O–H groups in total. The van der Waals surface area contributed by atoms with Crippen molar-refractivity contribution in [2.75, 3.05) is 24.0 Å². The fourth-order valence-electron chi connectivity index (χ4n) is 3.55. The first-order valence-corrected chi connectivity index (χ1v) is 10.5. The normalized spacial score (nSPS) is 18.5. The highest BCUT2D eigenvalue weighted by Crippen LogP contribution is 2.37. The molecule has 3 rings (SSSR count). The number of amides is 2. The molecule has 1 atom stereocenters. The summed E-state index contributed by atoms with van der Waals surface area (Å²) in [4.78, 5) is 14.8. The van der Waals surface area contributed by atoms with Crippen LogP contribution < -0.4 is 20.5 Å². The molecular weight excluding hydrogens is 390 g/mol. The number of rotatable bonds is 5. The number of aromatic hydroxyl groups is 1. The first kappa shape index (κ1) is 22.5. The van der Waals surface area contributed by atoms with Crippen molar-refractivity contribution in [1.82, 2.24) is 10.6 Å². The Morgan fingerprint density at radius 1 is 1.19 bits per heavy atom. The third-order valence-electron chi connectivity index (χ3n) is 5.47. The highest BCUT2D eigenvalue weighted by atomic mass is 16.3. The lowest BCUT2D eigenvalue weighted by atomic mass is 9.85. The van der Waals surface area contributed by atoms with Gasteiger partial charge in [-0.25, -0.2) is 9.80 Å². The van der Waals surface area contributed by atoms with Crippen LogP contribution in [0, 0.1) is 5.41 Å². The summed E-state index contributed by atoms with van der Waals surface area (Å²) in [5, 5.41) is 22.7. The number of hydrazone groups is 1. The molecular formula is C24H33N5O2. The maximum Gasteiger partial charge on any atom is 0.316 e. The number of carbonyl (C=O) groups is 1. The summed E-state index contributed by atoms with van der Waals surface area (Å²) in [6, 6.07) is 14.8. The van der Waals surface area contributed by atoms with Crippen LogP contribution in [0.3, 0.4) is 0 Å². The van der Waals surface area contributed by atoms with Gasteiger partial charge in [0.15, 0.2) is 0 Å². The average Bonchev–Trinajstić information content (AvgIpc) is 3.05. The van der Waals surface area contributed by atoms with Crippen molar-refractivity contribution < 1.29 is 9.90 Å². The minimum Gasteiger partial charge on any atom is -0.508 e. The van der Waals surface area contributed by atoms with Crippen LogP contribution in [0.4, 0.5) is 16.2 Å². The van der Waals surface area contributed by atoms with Gasteiger partial charge in [0.25, 0.3) is 0 Å². The molecule has 7 nitrogen and oxygen atoms in total. The van der Waals surface area contributed by atoms with Gasteiger partial charge in [-0.2, -0.15) is 5.10 Å². The van der Waals surface area contributed by atoms with E-state index in [0.717, 1.165) is 17.1 Å². The van der Waals surface area contributed by atoms with Crippen molar-refractivity contribution >= 4 is 23.1 Å². The zero-order chi connectivity index (χ0) is 22.8. The van der Waals surface area contributed by atoms with Gasteiger partial charge in [-0.05, 0) is 31.2 Å². The Hall–Kier alpha value is -3.22. The number of nitrogens with one attached hydrogen (secondary N) is 2. The van der Waals surface area contributed by atoms with Gasteiger partial charge >= 0.3 is 6.03 Å². The van der Waals surface area contributed by atoms with Gasteiger partial charge in [0.2, 0.25) is 0 Å². The van der Waals surface area contributed by atoms with E-state index in [1.54, 1.807) is 18.2 Å². The molecule has 166 valence electrons. The number of phenolic OH excluding ortho intramolecular Hbond substituents is 1. The zero-order valence-corrected chi connectivity index (χ0v) is 19.2. The van der Waals surface area contributed by atoms with E-state index in [1.807, 2.05) is 55.2 Å². The summed E-state index contributed by atoms with van der Waals surface area (Å²) < 4.78 is 0. The Kier molecular flexibility index (Phi) is 6.15. The molecule has 0 fully saturated rings. The molecule has 1 heterocycles. The van der Waals surface area contributed by atoms with Crippen LogP contribution in [-0.4, -0.2) is 36.6 Å². The Morgan fingerprint density at radius 3 is 2.55 bits per heavy atom. The van der Waals surface area contributed by atoms with Gasteiger partial charge in [0.05, 0.1) is 5.69 Å². The van der Waals surface area contributed by atoms with Crippen LogP contribution in [-0.2, 0) is 6.54 Å². The first-order chi connectivity index (χ1) is 14.5. The molecule has 1 unspecified atom stereocenters. The van der Waals surface area contributed by atoms with Crippen LogP contribution in [0.1, 0.15) is 39.7 Å². The van der Waals surface area contributed by atoms with Crippen molar-refractivity contribution in [3.8, 4) is 5.75 Å². The third kappa shape index (κ3) is 5.10. The standard InChI is InChI=1S/C24H33N5O2/c1-23(2,3)21-15-24(4,26-22(31)25-16-17-10-7-8-13-20(17)30)29(27-21)19-12-9-11-18(14-19)28(5)6/h7-14,30H,15-16H2,1-6H3,(H2,25,26,31). The van der Waals surface area contributed by atoms with Gasteiger partial charge in [-0.3, -0.25) is 0 Å². The number of hydrogen-bond donors (Lipinski definition) is 3. The van der Waals surface area contributed by atoms with Crippen LogP contribution in [0.5, 0.6) is 5.75 Å². The second-order valence-corrected chi connectivity index (χ2v) is 9.41. The van der Waals surface area contributed by atoms with Crippen LogP contribution >= 0.6 is 0 Å². The quantitative estimate of drug-likeness (QED) is 0.670. The van der Waals surface area contributed by atoms with Gasteiger partial charge < -0.3 is 20.6 Å². The van der Waals surface area contributed by atoms with Crippen molar-refractivity contribution in [2.24, 2.45) is 10.5 Å². The van der Waals surface area contributed by atoms with Gasteiger partial charge in [0.1, 0.15) is 11.4 Å². The molecule has 0 aromatic heterocycles. The number of benzene rings is 2. The number of urea groups is 1. The maximum absolute atomic E-state index is 12.8. The fraction of sp³-hybridized carbons (Fsp3) is 0.417. The van der Waals surface area contributed by atoms with Crippen LogP contribution in [0.15, 0.2) is 53.6 Å². The van der Waals surface area contributed by atoms with E-state index in [-0.39, 0.29) is 23.7 Å². The third-order valence-corrected chi connectivity index (χ3v) is 5.47. The minimum absolute atomic E-state index is 0.122. The number of nitrogens with zero attached hydrogens (tertiary/aromatic N) is 3. The molecule has 31 heavy (non-hydrogen) atoms. The van der Waals surface area contributed by atoms with Gasteiger partial charge in [-0.15, -0.1) is 0 Å². The average molecular weight is 424 g/mol. The predicted molar refractivity (Wildman–Crippen MR) is 127 cm³/mol. The summed E-state index contributed by atoms with van der Waals surface area (Å²) in [5.74, 6) is 0.162. The lowest BCUT2D eigenvalue weighted by Crippen LogP contribution is -2.57. The van der Waals surface area contributed by atoms with Crippen molar-refractivity contribution in [2.45, 2.75) is 46.3 Å². The first-order valence-electron chi connectivity index (χ1n) is 10.5. The summed E-state index contributed by atoms with van der Waals surface area (Å²) in [6.07, 6.45) is 0.604. The maximum atomic E-state index is 12.8. The molecule has 1 aliphatic heterocycles. The fourth-order valence-corrected chi connectivity index (χ4v) is 3.55. The molecule has 7 heteroatoms. The number of para-hydroxylation sites is 1. The second-order valence-electron chi connectivity index (χ2n) is 9.41. The molecule has 2 aromatic rings. The summed E-state index contributed by atoms with van der Waals surface area (Å²) >= 11 is 0. The summed E-state index contributed by atoms with van der Waals surface area (Å²) in [6.45, 7) is 8.60. The molecule has 1 aliphatic rings. The van der Waals surface area contributed by atoms with Crippen LogP contribution in [0.25, 0.3) is 0 Å². The largest absolute Gasteiger partial charge is 0.508 e. The highest BCUT2D eigenvalue weighted by molar-refractivity contribution is 5.94. The molecule has 0 saturated heterocycles. The smallest absolute Gasteiger partial charge is 0.316 e. The van der Waals surface area contributed by atoms with E-state index < -0.39 is 5.66 Å². The van der Waals surface area contributed by atoms with Crippen LogP contribution in [0.2, 0.25) is 0 Å². The van der Waals surface area contributed by atoms with E-state index in [1.165, 1.54) is 0 Å². The second kappa shape index (κ2) is 8.49. The van der Waals surface area contributed by atoms with Gasteiger partial charge in [-0.1, -0.05) is 45.0 Å². The van der Waals surface area contributed by atoms with E-state index in [9.17, 15) is 9.90 Å². The lowest BCUT2D eigenvalue weighted by molar-refractivity contribution is 0.227. The Bertz CT molecular complexity index is 980. The van der Waals surface area contributed by atoms with E-state index in [0.29, 0.717) is 12.0 Å². The van der Waals surface area contributed by atoms with E-state index in [4.69, 9.17) is 5.10 Å². The van der Waals surface area contributed by atoms with Gasteiger partial charge in [0, 0.05) is 49.4 Å². The lowest BCUT2D eigenvalue weighted by Gasteiger charge is -2.35. The molecule has 0 radical (unpaired) electrons. The van der Waals surface area contributed by atoms with E-state index >= 15 is 0 Å². The molecule has 0 bridgehead atoms. The summed E-state index contributed by atoms with van der Waals surface area (Å²) in [7, 11) is 3.99. The monoisotopic (exact) mass is 423 g/mol. The molecule has 2 amide bonds. The molecule has 0 spiro atoms. The SMILES string of the molecule is CN(C)c1cccc(N2N=C(C(C)(C)C)CC2(C)NC(=O)NCc2ccccc2O)c1. The molecule has 0 saturated carbocycles. The highest BCUT2D eigenvalue weighted by Gasteiger charge is 2.43. The molecule has 0 aliphatic carbocycles. The summed E-state index contributed by atoms with van der Waals surface area (Å²) in [5.41, 5.74) is 2.80.